The fourth-order valence-electron chi connectivity index (χ4n) is 1.31. The van der Waals surface area contributed by atoms with Gasteiger partial charge < -0.3 is 0 Å². The minimum atomic E-state index is -0.489. The summed E-state index contributed by atoms with van der Waals surface area (Å²) in [5.41, 5.74) is 4.57. The minimum absolute atomic E-state index is 0.489. The molecule has 1 atom stereocenters. The lowest BCUT2D eigenvalue weighted by Crippen LogP contribution is -2.36. The van der Waals surface area contributed by atoms with Crippen LogP contribution in [0.2, 0.25) is 0 Å². The van der Waals surface area contributed by atoms with E-state index in [-0.39, 0.29) is 0 Å². The van der Waals surface area contributed by atoms with E-state index in [1.165, 1.54) is 0 Å². The van der Waals surface area contributed by atoms with Gasteiger partial charge in [0.1, 0.15) is 0 Å². The van der Waals surface area contributed by atoms with Crippen molar-refractivity contribution < 1.29 is 4.79 Å². The van der Waals surface area contributed by atoms with Crippen molar-refractivity contribution in [3.05, 3.63) is 29.8 Å². The number of anilines is 1. The molecule has 0 bridgehead atoms. The second kappa shape index (κ2) is 3.45. The Kier molecular flexibility index (Phi) is 2.14. The van der Waals surface area contributed by atoms with Crippen molar-refractivity contribution in [3.8, 4) is 0 Å². The number of aldehydes is 1. The smallest absolute Gasteiger partial charge is 0.195 e. The summed E-state index contributed by atoms with van der Waals surface area (Å²) in [5.74, 6) is 0. The summed E-state index contributed by atoms with van der Waals surface area (Å²) in [6.45, 7) is 1.99. The van der Waals surface area contributed by atoms with E-state index in [9.17, 15) is 4.79 Å². The molecule has 14 heavy (non-hydrogen) atoms. The zero-order valence-corrected chi connectivity index (χ0v) is 7.71. The Morgan fingerprint density at radius 1 is 1.57 bits per heavy atom. The molecule has 5 nitrogen and oxygen atoms in total. The van der Waals surface area contributed by atoms with Gasteiger partial charge in [0.25, 0.3) is 0 Å². The van der Waals surface area contributed by atoms with Crippen LogP contribution in [-0.2, 0) is 4.79 Å². The predicted molar refractivity (Wildman–Crippen MR) is 51.5 cm³/mol. The van der Waals surface area contributed by atoms with E-state index in [0.29, 0.717) is 0 Å². The summed E-state index contributed by atoms with van der Waals surface area (Å²) < 4.78 is 0. The summed E-state index contributed by atoms with van der Waals surface area (Å²) in [4.78, 5) is 10.7. The molecule has 72 valence electrons. The highest BCUT2D eigenvalue weighted by Gasteiger charge is 2.22. The van der Waals surface area contributed by atoms with E-state index >= 15 is 0 Å². The van der Waals surface area contributed by atoms with Gasteiger partial charge in [-0.1, -0.05) is 17.4 Å². The maximum atomic E-state index is 10.7. The first-order valence-corrected chi connectivity index (χ1v) is 4.28. The third kappa shape index (κ3) is 1.44. The van der Waals surface area contributed by atoms with Crippen molar-refractivity contribution >= 4 is 12.0 Å². The average Bonchev–Trinajstić information content (AvgIpc) is 2.65. The summed E-state index contributed by atoms with van der Waals surface area (Å²) in [6, 6.07) is 7.73. The molecular weight excluding hydrogens is 180 g/mol. The maximum absolute atomic E-state index is 10.7. The molecule has 2 rings (SSSR count). The average molecular weight is 190 g/mol. The molecule has 1 unspecified atom stereocenters. The van der Waals surface area contributed by atoms with Gasteiger partial charge in [0, 0.05) is 0 Å². The third-order valence-corrected chi connectivity index (χ3v) is 1.99. The van der Waals surface area contributed by atoms with Crippen molar-refractivity contribution in [2.24, 2.45) is 10.4 Å². The highest BCUT2D eigenvalue weighted by molar-refractivity contribution is 5.65. The molecule has 0 amide bonds. The van der Waals surface area contributed by atoms with Gasteiger partial charge >= 0.3 is 0 Å². The van der Waals surface area contributed by atoms with Gasteiger partial charge in [0.15, 0.2) is 12.5 Å². The Morgan fingerprint density at radius 2 is 2.43 bits per heavy atom. The van der Waals surface area contributed by atoms with Crippen LogP contribution in [0.4, 0.5) is 5.69 Å². The van der Waals surface area contributed by atoms with Crippen LogP contribution in [0.5, 0.6) is 0 Å². The molecule has 1 aromatic rings. The second-order valence-electron chi connectivity index (χ2n) is 3.08. The molecule has 0 spiro atoms. The molecule has 1 aliphatic rings. The van der Waals surface area contributed by atoms with Crippen LogP contribution in [-0.4, -0.2) is 12.5 Å². The number of carbonyl (C=O) groups is 1. The van der Waals surface area contributed by atoms with E-state index in [1.54, 1.807) is 5.01 Å². The minimum Gasteiger partial charge on any atom is -0.299 e. The van der Waals surface area contributed by atoms with Crippen LogP contribution in [0.15, 0.2) is 34.7 Å². The van der Waals surface area contributed by atoms with E-state index < -0.39 is 6.17 Å². The van der Waals surface area contributed by atoms with Gasteiger partial charge in [-0.05, 0) is 29.8 Å². The van der Waals surface area contributed by atoms with Crippen LogP contribution >= 0.6 is 0 Å². The fraction of sp³-hybridized carbons (Fsp3) is 0.222. The van der Waals surface area contributed by atoms with Crippen LogP contribution in [0.3, 0.4) is 0 Å². The van der Waals surface area contributed by atoms with Crippen molar-refractivity contribution in [1.82, 2.24) is 5.43 Å². The Bertz CT molecular complexity index is 377. The SMILES string of the molecule is Cc1cccc(N2N=NNC2C=O)c1. The van der Waals surface area contributed by atoms with Crippen LogP contribution < -0.4 is 10.4 Å². The topological polar surface area (TPSA) is 57.1 Å². The lowest BCUT2D eigenvalue weighted by atomic mass is 10.2. The van der Waals surface area contributed by atoms with E-state index in [1.807, 2.05) is 31.2 Å². The summed E-state index contributed by atoms with van der Waals surface area (Å²) in [5, 5.41) is 8.95. The molecule has 1 aromatic carbocycles. The largest absolute Gasteiger partial charge is 0.299 e. The predicted octanol–water partition coefficient (Wildman–Crippen LogP) is 1.21. The Morgan fingerprint density at radius 3 is 3.14 bits per heavy atom. The first-order valence-electron chi connectivity index (χ1n) is 4.28. The van der Waals surface area contributed by atoms with E-state index in [0.717, 1.165) is 17.5 Å². The lowest BCUT2D eigenvalue weighted by molar-refractivity contribution is -0.109. The Balaban J connectivity index is 2.30. The summed E-state index contributed by atoms with van der Waals surface area (Å²) in [7, 11) is 0. The third-order valence-electron chi connectivity index (χ3n) is 1.99. The lowest BCUT2D eigenvalue weighted by Gasteiger charge is -2.16. The maximum Gasteiger partial charge on any atom is 0.195 e. The van der Waals surface area contributed by atoms with Gasteiger partial charge in [0.2, 0.25) is 0 Å². The molecule has 0 saturated heterocycles. The monoisotopic (exact) mass is 190 g/mol. The highest BCUT2D eigenvalue weighted by atomic mass is 16.1. The van der Waals surface area contributed by atoms with Gasteiger partial charge in [-0.3, -0.25) is 10.2 Å². The quantitative estimate of drug-likeness (QED) is 0.713. The van der Waals surface area contributed by atoms with Gasteiger partial charge in [0.05, 0.1) is 5.69 Å². The number of nitrogens with one attached hydrogen (secondary N) is 1. The second-order valence-corrected chi connectivity index (χ2v) is 3.08. The molecule has 5 heteroatoms. The van der Waals surface area contributed by atoms with Crippen LogP contribution in [0.1, 0.15) is 5.56 Å². The van der Waals surface area contributed by atoms with Crippen molar-refractivity contribution in [1.29, 1.82) is 0 Å². The number of aryl methyl sites for hydroxylation is 1. The number of nitrogens with zero attached hydrogens (tertiary/aromatic N) is 3. The first kappa shape index (κ1) is 8.68. The molecule has 0 radical (unpaired) electrons. The summed E-state index contributed by atoms with van der Waals surface area (Å²) in [6.07, 6.45) is 0.277. The van der Waals surface area contributed by atoms with E-state index in [2.05, 4.69) is 15.9 Å². The Hall–Kier alpha value is -1.91. The zero-order chi connectivity index (χ0) is 9.97. The molecule has 0 fully saturated rings. The molecule has 0 saturated carbocycles. The number of hydrogen-bond acceptors (Lipinski definition) is 5. The number of benzene rings is 1. The molecule has 1 heterocycles. The van der Waals surface area contributed by atoms with Crippen molar-refractivity contribution in [2.45, 2.75) is 13.1 Å². The Labute approximate surface area is 81.4 Å². The van der Waals surface area contributed by atoms with Crippen molar-refractivity contribution in [3.63, 3.8) is 0 Å². The van der Waals surface area contributed by atoms with E-state index in [4.69, 9.17) is 0 Å². The molecule has 0 aromatic heterocycles. The van der Waals surface area contributed by atoms with Gasteiger partial charge in [-0.25, -0.2) is 5.01 Å². The van der Waals surface area contributed by atoms with Gasteiger partial charge in [-0.2, -0.15) is 0 Å². The highest BCUT2D eigenvalue weighted by Crippen LogP contribution is 2.19. The number of carbonyl (C=O) groups excluding carboxylic acids is 1. The number of rotatable bonds is 2. The zero-order valence-electron chi connectivity index (χ0n) is 7.71. The standard InChI is InChI=1S/C9H10N4O/c1-7-3-2-4-8(5-7)13-9(6-14)10-11-12-13/h2-6,9H,1H3,(H,10,12). The normalized spacial score (nSPS) is 19.5. The van der Waals surface area contributed by atoms with Crippen molar-refractivity contribution in [2.75, 3.05) is 5.01 Å². The molecule has 1 aliphatic heterocycles. The fourth-order valence-corrected chi connectivity index (χ4v) is 1.31. The summed E-state index contributed by atoms with van der Waals surface area (Å²) >= 11 is 0. The molecular formula is C9H10N4O. The van der Waals surface area contributed by atoms with Crippen LogP contribution in [0.25, 0.3) is 0 Å². The number of hydrogen-bond donors (Lipinski definition) is 1. The van der Waals surface area contributed by atoms with Crippen LogP contribution in [0, 0.1) is 6.92 Å². The molecule has 1 N–H and O–H groups in total. The molecule has 0 aliphatic carbocycles. The van der Waals surface area contributed by atoms with Gasteiger partial charge in [-0.15, -0.1) is 0 Å². The first-order chi connectivity index (χ1) is 6.81.